The molecule has 0 aliphatic heterocycles. The topological polar surface area (TPSA) is 57.5 Å². The highest BCUT2D eigenvalue weighted by molar-refractivity contribution is 5.67. The number of aryl methyl sites for hydroxylation is 3. The molecular weight excluding hydrogens is 204 g/mol. The van der Waals surface area contributed by atoms with Gasteiger partial charge in [-0.15, -0.1) is 0 Å². The summed E-state index contributed by atoms with van der Waals surface area (Å²) < 4.78 is 0. The number of aliphatic hydroxyl groups is 1. The van der Waals surface area contributed by atoms with Crippen LogP contribution in [0.15, 0.2) is 12.1 Å². The van der Waals surface area contributed by atoms with Gasteiger partial charge in [0.25, 0.3) is 0 Å². The second kappa shape index (κ2) is 5.12. The minimum absolute atomic E-state index is 0.202. The van der Waals surface area contributed by atoms with Crippen molar-refractivity contribution < 1.29 is 15.0 Å². The number of rotatable bonds is 4. The standard InChI is InChI=1S/C13H18O3/c1-8-4-9(2)12(10(3)5-8)6-11(14)7-13(15)16/h4-5,11,14H,6-7H2,1-3H3,(H,15,16). The summed E-state index contributed by atoms with van der Waals surface area (Å²) in [6.45, 7) is 6.00. The second-order valence-corrected chi connectivity index (χ2v) is 4.33. The summed E-state index contributed by atoms with van der Waals surface area (Å²) in [4.78, 5) is 10.5. The molecular formula is C13H18O3. The van der Waals surface area contributed by atoms with Gasteiger partial charge >= 0.3 is 5.97 Å². The minimum Gasteiger partial charge on any atom is -0.481 e. The molecule has 1 aromatic carbocycles. The molecule has 0 aliphatic rings. The summed E-state index contributed by atoms with van der Waals surface area (Å²) >= 11 is 0. The van der Waals surface area contributed by atoms with Crippen LogP contribution in [0.5, 0.6) is 0 Å². The maximum Gasteiger partial charge on any atom is 0.305 e. The predicted molar refractivity (Wildman–Crippen MR) is 62.6 cm³/mol. The molecule has 3 nitrogen and oxygen atoms in total. The molecule has 1 unspecified atom stereocenters. The van der Waals surface area contributed by atoms with Gasteiger partial charge in [0, 0.05) is 0 Å². The Kier molecular flexibility index (Phi) is 4.07. The third kappa shape index (κ3) is 3.35. The highest BCUT2D eigenvalue weighted by Gasteiger charge is 2.13. The monoisotopic (exact) mass is 222 g/mol. The number of carboxylic acid groups (broad SMARTS) is 1. The van der Waals surface area contributed by atoms with E-state index in [-0.39, 0.29) is 6.42 Å². The summed E-state index contributed by atoms with van der Waals surface area (Å²) in [5, 5.41) is 18.2. The largest absolute Gasteiger partial charge is 0.481 e. The van der Waals surface area contributed by atoms with E-state index in [1.165, 1.54) is 5.56 Å². The fourth-order valence-electron chi connectivity index (χ4n) is 2.04. The Morgan fingerprint density at radius 1 is 1.25 bits per heavy atom. The van der Waals surface area contributed by atoms with Gasteiger partial charge in [0.2, 0.25) is 0 Å². The second-order valence-electron chi connectivity index (χ2n) is 4.33. The van der Waals surface area contributed by atoms with Crippen LogP contribution in [-0.4, -0.2) is 22.3 Å². The van der Waals surface area contributed by atoms with Gasteiger partial charge in [-0.3, -0.25) is 4.79 Å². The van der Waals surface area contributed by atoms with E-state index in [1.54, 1.807) is 0 Å². The Labute approximate surface area is 95.7 Å². The van der Waals surface area contributed by atoms with Crippen molar-refractivity contribution in [3.63, 3.8) is 0 Å². The van der Waals surface area contributed by atoms with Gasteiger partial charge in [0.15, 0.2) is 0 Å². The molecule has 16 heavy (non-hydrogen) atoms. The first-order valence-corrected chi connectivity index (χ1v) is 5.36. The molecule has 0 radical (unpaired) electrons. The third-order valence-corrected chi connectivity index (χ3v) is 2.69. The molecule has 3 heteroatoms. The molecule has 1 atom stereocenters. The highest BCUT2D eigenvalue weighted by atomic mass is 16.4. The molecule has 0 heterocycles. The van der Waals surface area contributed by atoms with Crippen molar-refractivity contribution in [3.05, 3.63) is 34.4 Å². The van der Waals surface area contributed by atoms with Gasteiger partial charge in [0.05, 0.1) is 12.5 Å². The van der Waals surface area contributed by atoms with Gasteiger partial charge in [-0.05, 0) is 43.9 Å². The van der Waals surface area contributed by atoms with Crippen LogP contribution in [0.25, 0.3) is 0 Å². The first-order chi connectivity index (χ1) is 7.40. The Hall–Kier alpha value is -1.35. The molecule has 1 aromatic rings. The SMILES string of the molecule is Cc1cc(C)c(CC(O)CC(=O)O)c(C)c1. The summed E-state index contributed by atoms with van der Waals surface area (Å²) in [7, 11) is 0. The minimum atomic E-state index is -0.963. The maximum absolute atomic E-state index is 10.5. The Balaban J connectivity index is 2.85. The lowest BCUT2D eigenvalue weighted by Crippen LogP contribution is -2.17. The van der Waals surface area contributed by atoms with Crippen LogP contribution in [0.1, 0.15) is 28.7 Å². The summed E-state index contributed by atoms with van der Waals surface area (Å²) in [6.07, 6.45) is -0.602. The van der Waals surface area contributed by atoms with E-state index in [2.05, 4.69) is 12.1 Å². The van der Waals surface area contributed by atoms with Crippen LogP contribution >= 0.6 is 0 Å². The van der Waals surface area contributed by atoms with Gasteiger partial charge in [0.1, 0.15) is 0 Å². The van der Waals surface area contributed by atoms with E-state index in [0.29, 0.717) is 6.42 Å². The number of carboxylic acids is 1. The van der Waals surface area contributed by atoms with Crippen LogP contribution in [0.3, 0.4) is 0 Å². The van der Waals surface area contributed by atoms with Crippen molar-refractivity contribution in [3.8, 4) is 0 Å². The highest BCUT2D eigenvalue weighted by Crippen LogP contribution is 2.18. The maximum atomic E-state index is 10.5. The van der Waals surface area contributed by atoms with Crippen LogP contribution < -0.4 is 0 Å². The molecule has 0 aromatic heterocycles. The van der Waals surface area contributed by atoms with E-state index in [9.17, 15) is 9.90 Å². The first kappa shape index (κ1) is 12.7. The molecule has 0 spiro atoms. The molecule has 0 aliphatic carbocycles. The lowest BCUT2D eigenvalue weighted by Gasteiger charge is -2.14. The first-order valence-electron chi connectivity index (χ1n) is 5.36. The van der Waals surface area contributed by atoms with Gasteiger partial charge in [-0.2, -0.15) is 0 Å². The summed E-state index contributed by atoms with van der Waals surface area (Å²) in [5.41, 5.74) is 4.47. The number of benzene rings is 1. The quantitative estimate of drug-likeness (QED) is 0.819. The molecule has 0 saturated carbocycles. The third-order valence-electron chi connectivity index (χ3n) is 2.69. The van der Waals surface area contributed by atoms with E-state index < -0.39 is 12.1 Å². The number of aliphatic hydroxyl groups excluding tert-OH is 1. The molecule has 1 rings (SSSR count). The van der Waals surface area contributed by atoms with Crippen molar-refractivity contribution in [2.45, 2.75) is 39.7 Å². The Morgan fingerprint density at radius 2 is 1.75 bits per heavy atom. The summed E-state index contributed by atoms with van der Waals surface area (Å²) in [5.74, 6) is -0.963. The number of hydrogen-bond acceptors (Lipinski definition) is 2. The van der Waals surface area contributed by atoms with Crippen molar-refractivity contribution in [2.24, 2.45) is 0 Å². The lowest BCUT2D eigenvalue weighted by atomic mass is 9.94. The van der Waals surface area contributed by atoms with Crippen molar-refractivity contribution >= 4 is 5.97 Å². The lowest BCUT2D eigenvalue weighted by molar-refractivity contribution is -0.139. The number of hydrogen-bond donors (Lipinski definition) is 2. The zero-order valence-electron chi connectivity index (χ0n) is 9.95. The van der Waals surface area contributed by atoms with Crippen molar-refractivity contribution in [1.29, 1.82) is 0 Å². The molecule has 0 fully saturated rings. The van der Waals surface area contributed by atoms with Gasteiger partial charge in [-0.1, -0.05) is 17.7 Å². The van der Waals surface area contributed by atoms with E-state index in [1.807, 2.05) is 20.8 Å². The van der Waals surface area contributed by atoms with Crippen LogP contribution in [0.2, 0.25) is 0 Å². The summed E-state index contributed by atoms with van der Waals surface area (Å²) in [6, 6.07) is 4.10. The average molecular weight is 222 g/mol. The molecule has 0 bridgehead atoms. The van der Waals surface area contributed by atoms with Gasteiger partial charge in [-0.25, -0.2) is 0 Å². The Morgan fingerprint density at radius 3 is 2.19 bits per heavy atom. The van der Waals surface area contributed by atoms with Crippen LogP contribution in [0, 0.1) is 20.8 Å². The normalized spacial score (nSPS) is 12.5. The molecule has 0 amide bonds. The fraction of sp³-hybridized carbons (Fsp3) is 0.462. The van der Waals surface area contributed by atoms with Crippen LogP contribution in [-0.2, 0) is 11.2 Å². The smallest absolute Gasteiger partial charge is 0.305 e. The number of carbonyl (C=O) groups is 1. The van der Waals surface area contributed by atoms with E-state index in [0.717, 1.165) is 16.7 Å². The molecule has 0 saturated heterocycles. The van der Waals surface area contributed by atoms with Crippen LogP contribution in [0.4, 0.5) is 0 Å². The van der Waals surface area contributed by atoms with Gasteiger partial charge < -0.3 is 10.2 Å². The zero-order chi connectivity index (χ0) is 12.3. The average Bonchev–Trinajstić information content (AvgIpc) is 2.09. The zero-order valence-corrected chi connectivity index (χ0v) is 9.95. The fourth-order valence-corrected chi connectivity index (χ4v) is 2.04. The molecule has 2 N–H and O–H groups in total. The van der Waals surface area contributed by atoms with Crippen molar-refractivity contribution in [2.75, 3.05) is 0 Å². The van der Waals surface area contributed by atoms with E-state index in [4.69, 9.17) is 5.11 Å². The predicted octanol–water partition coefficient (Wildman–Crippen LogP) is 1.99. The number of aliphatic carboxylic acids is 1. The van der Waals surface area contributed by atoms with Crippen molar-refractivity contribution in [1.82, 2.24) is 0 Å². The Bertz CT molecular complexity index is 373. The van der Waals surface area contributed by atoms with E-state index >= 15 is 0 Å². The molecule has 88 valence electrons.